The van der Waals surface area contributed by atoms with Crippen molar-refractivity contribution in [1.82, 2.24) is 9.88 Å². The second-order valence-electron chi connectivity index (χ2n) is 6.48. The molecule has 1 aliphatic rings. The molecule has 0 unspecified atom stereocenters. The van der Waals surface area contributed by atoms with Gasteiger partial charge in [-0.15, -0.1) is 0 Å². The zero-order valence-corrected chi connectivity index (χ0v) is 14.7. The van der Waals surface area contributed by atoms with Crippen LogP contribution in [0.2, 0.25) is 0 Å². The van der Waals surface area contributed by atoms with Crippen LogP contribution in [0.15, 0.2) is 29.1 Å². The van der Waals surface area contributed by atoms with E-state index in [2.05, 4.69) is 16.1 Å². The maximum absolute atomic E-state index is 12.4. The van der Waals surface area contributed by atoms with Crippen molar-refractivity contribution >= 4 is 28.6 Å². The fourth-order valence-corrected chi connectivity index (χ4v) is 4.19. The van der Waals surface area contributed by atoms with Crippen LogP contribution in [0, 0.1) is 5.92 Å². The molecule has 24 heavy (non-hydrogen) atoms. The molecule has 2 aromatic rings. The van der Waals surface area contributed by atoms with Crippen molar-refractivity contribution in [2.45, 2.75) is 19.4 Å². The van der Waals surface area contributed by atoms with Gasteiger partial charge in [-0.1, -0.05) is 0 Å². The lowest BCUT2D eigenvalue weighted by atomic mass is 10.00. The first-order chi connectivity index (χ1) is 11.6. The molecule has 5 nitrogen and oxygen atoms in total. The topological polar surface area (TPSA) is 79.2 Å². The average molecular weight is 345 g/mol. The first-order valence-corrected chi connectivity index (χ1v) is 9.63. The number of aromatic nitrogens is 1. The largest absolute Gasteiger partial charge is 0.366 e. The fraction of sp³-hybridized carbons (Fsp3) is 0.444. The van der Waals surface area contributed by atoms with Gasteiger partial charge < -0.3 is 10.7 Å². The van der Waals surface area contributed by atoms with Crippen molar-refractivity contribution in [3.8, 4) is 0 Å². The number of pyridine rings is 1. The summed E-state index contributed by atoms with van der Waals surface area (Å²) >= 11 is 1.90. The highest BCUT2D eigenvalue weighted by molar-refractivity contribution is 7.98. The van der Waals surface area contributed by atoms with Crippen LogP contribution in [-0.2, 0) is 6.54 Å². The number of piperidine rings is 1. The lowest BCUT2D eigenvalue weighted by Crippen LogP contribution is -2.36. The van der Waals surface area contributed by atoms with Crippen molar-refractivity contribution in [3.63, 3.8) is 0 Å². The summed E-state index contributed by atoms with van der Waals surface area (Å²) in [6, 6.07) is 6.62. The van der Waals surface area contributed by atoms with E-state index in [1.165, 1.54) is 18.6 Å². The van der Waals surface area contributed by atoms with Gasteiger partial charge in [0, 0.05) is 41.3 Å². The van der Waals surface area contributed by atoms with Crippen LogP contribution in [0.1, 0.15) is 28.9 Å². The number of benzene rings is 1. The van der Waals surface area contributed by atoms with E-state index in [0.29, 0.717) is 10.9 Å². The van der Waals surface area contributed by atoms with E-state index >= 15 is 0 Å². The van der Waals surface area contributed by atoms with Crippen LogP contribution < -0.4 is 11.2 Å². The Morgan fingerprint density at radius 1 is 1.42 bits per heavy atom. The highest BCUT2D eigenvalue weighted by Crippen LogP contribution is 2.21. The Hall–Kier alpha value is -1.79. The number of nitrogens with one attached hydrogen (secondary N) is 1. The second-order valence-corrected chi connectivity index (χ2v) is 7.39. The number of rotatable bonds is 5. The Morgan fingerprint density at radius 2 is 2.25 bits per heavy atom. The Bertz CT molecular complexity index is 800. The molecule has 0 radical (unpaired) electrons. The monoisotopic (exact) mass is 345 g/mol. The van der Waals surface area contributed by atoms with Gasteiger partial charge in [-0.2, -0.15) is 11.8 Å². The van der Waals surface area contributed by atoms with E-state index in [1.54, 1.807) is 24.3 Å². The Kier molecular flexibility index (Phi) is 5.26. The number of hydrogen-bond acceptors (Lipinski definition) is 4. The molecule has 1 aromatic heterocycles. The summed E-state index contributed by atoms with van der Waals surface area (Å²) < 4.78 is 0. The standard InChI is InChI=1S/C18H23N3O2S/c1-24-11-12-3-2-6-21(9-12)10-14-8-17(22)15-7-13(18(19)23)4-5-16(15)20-14/h4-5,7-8,12H,2-3,6,9-11H2,1H3,(H2,19,23)(H,20,22)/t12-/m1/s1. The third kappa shape index (κ3) is 3.82. The molecule has 1 aliphatic heterocycles. The summed E-state index contributed by atoms with van der Waals surface area (Å²) in [5.74, 6) is 1.41. The Labute approximate surface area is 145 Å². The molecule has 0 bridgehead atoms. The first kappa shape index (κ1) is 17.0. The summed E-state index contributed by atoms with van der Waals surface area (Å²) in [5, 5.41) is 0.508. The first-order valence-electron chi connectivity index (χ1n) is 8.24. The highest BCUT2D eigenvalue weighted by atomic mass is 32.2. The molecule has 3 rings (SSSR count). The highest BCUT2D eigenvalue weighted by Gasteiger charge is 2.20. The third-order valence-corrected chi connectivity index (χ3v) is 5.37. The number of carbonyl (C=O) groups excluding carboxylic acids is 1. The van der Waals surface area contributed by atoms with Crippen LogP contribution >= 0.6 is 11.8 Å². The molecule has 1 amide bonds. The predicted molar refractivity (Wildman–Crippen MR) is 99.5 cm³/mol. The van der Waals surface area contributed by atoms with Gasteiger partial charge in [-0.25, -0.2) is 0 Å². The molecule has 1 saturated heterocycles. The molecule has 3 N–H and O–H groups in total. The summed E-state index contributed by atoms with van der Waals surface area (Å²) in [5.41, 5.74) is 7.25. The number of carbonyl (C=O) groups is 1. The normalized spacial score (nSPS) is 18.8. The second kappa shape index (κ2) is 7.40. The number of nitrogens with two attached hydrogens (primary N) is 1. The van der Waals surface area contributed by atoms with Crippen LogP contribution in [-0.4, -0.2) is 40.9 Å². The van der Waals surface area contributed by atoms with Crippen LogP contribution in [0.25, 0.3) is 10.9 Å². The van der Waals surface area contributed by atoms with Gasteiger partial charge in [0.2, 0.25) is 5.91 Å². The van der Waals surface area contributed by atoms with E-state index in [0.717, 1.165) is 36.8 Å². The van der Waals surface area contributed by atoms with E-state index in [9.17, 15) is 9.59 Å². The van der Waals surface area contributed by atoms with E-state index in [-0.39, 0.29) is 5.43 Å². The van der Waals surface area contributed by atoms with Crippen LogP contribution in [0.4, 0.5) is 0 Å². The number of aromatic amines is 1. The van der Waals surface area contributed by atoms with Crippen LogP contribution in [0.3, 0.4) is 0 Å². The van der Waals surface area contributed by atoms with Crippen molar-refractivity contribution in [2.24, 2.45) is 11.7 Å². The number of primary amides is 1. The van der Waals surface area contributed by atoms with E-state index in [4.69, 9.17) is 5.73 Å². The van der Waals surface area contributed by atoms with Gasteiger partial charge in [0.15, 0.2) is 5.43 Å². The van der Waals surface area contributed by atoms with Crippen LogP contribution in [0.5, 0.6) is 0 Å². The number of nitrogens with zero attached hydrogens (tertiary/aromatic N) is 1. The molecule has 2 heterocycles. The zero-order valence-electron chi connectivity index (χ0n) is 13.9. The smallest absolute Gasteiger partial charge is 0.248 e. The number of amides is 1. The lowest BCUT2D eigenvalue weighted by molar-refractivity contribution is 0.100. The third-order valence-electron chi connectivity index (χ3n) is 4.57. The number of fused-ring (bicyclic) bond motifs is 1. The predicted octanol–water partition coefficient (Wildman–Crippen LogP) is 2.20. The summed E-state index contributed by atoms with van der Waals surface area (Å²) in [4.78, 5) is 29.4. The molecule has 1 fully saturated rings. The molecule has 6 heteroatoms. The molecule has 0 saturated carbocycles. The van der Waals surface area contributed by atoms with Crippen molar-refractivity contribution in [1.29, 1.82) is 0 Å². The molecule has 1 aromatic carbocycles. The molecule has 1 atom stereocenters. The molecule has 128 valence electrons. The molecule has 0 aliphatic carbocycles. The summed E-state index contributed by atoms with van der Waals surface area (Å²) in [6.07, 6.45) is 4.66. The van der Waals surface area contributed by atoms with Gasteiger partial charge in [-0.05, 0) is 55.5 Å². The molecule has 0 spiro atoms. The molecular weight excluding hydrogens is 322 g/mol. The Balaban J connectivity index is 1.82. The number of hydrogen-bond donors (Lipinski definition) is 2. The zero-order chi connectivity index (χ0) is 17.1. The van der Waals surface area contributed by atoms with E-state index < -0.39 is 5.91 Å². The van der Waals surface area contributed by atoms with Crippen molar-refractivity contribution in [3.05, 3.63) is 45.7 Å². The maximum atomic E-state index is 12.4. The van der Waals surface area contributed by atoms with Gasteiger partial charge in [-0.3, -0.25) is 14.5 Å². The van der Waals surface area contributed by atoms with Gasteiger partial charge in [0.25, 0.3) is 0 Å². The van der Waals surface area contributed by atoms with Crippen molar-refractivity contribution < 1.29 is 4.79 Å². The van der Waals surface area contributed by atoms with Crippen molar-refractivity contribution in [2.75, 3.05) is 25.1 Å². The quantitative estimate of drug-likeness (QED) is 0.871. The average Bonchev–Trinajstić information content (AvgIpc) is 2.55. The number of thioether (sulfide) groups is 1. The fourth-order valence-electron chi connectivity index (χ4n) is 3.45. The SMILES string of the molecule is CSC[C@@H]1CCCN(Cc2cc(=O)c3cc(C(N)=O)ccc3[nH]2)C1. The number of likely N-dealkylation sites (tertiary alicyclic amines) is 1. The summed E-state index contributed by atoms with van der Waals surface area (Å²) in [7, 11) is 0. The summed E-state index contributed by atoms with van der Waals surface area (Å²) in [6.45, 7) is 2.92. The lowest BCUT2D eigenvalue weighted by Gasteiger charge is -2.32. The minimum Gasteiger partial charge on any atom is -0.366 e. The number of H-pyrrole nitrogens is 1. The van der Waals surface area contributed by atoms with E-state index in [1.807, 2.05) is 11.8 Å². The Morgan fingerprint density at radius 3 is 3.00 bits per heavy atom. The van der Waals surface area contributed by atoms with Gasteiger partial charge in [0.05, 0.1) is 0 Å². The van der Waals surface area contributed by atoms with Gasteiger partial charge in [0.1, 0.15) is 0 Å². The van der Waals surface area contributed by atoms with Gasteiger partial charge >= 0.3 is 0 Å². The molecular formula is C18H23N3O2S. The minimum absolute atomic E-state index is 0.0699. The minimum atomic E-state index is -0.520. The maximum Gasteiger partial charge on any atom is 0.248 e.